The lowest BCUT2D eigenvalue weighted by molar-refractivity contribution is 0.0955. The summed E-state index contributed by atoms with van der Waals surface area (Å²) in [6, 6.07) is 17.5. The average molecular weight is 335 g/mol. The van der Waals surface area contributed by atoms with E-state index in [9.17, 15) is 4.79 Å². The van der Waals surface area contributed by atoms with Gasteiger partial charge in [0.15, 0.2) is 0 Å². The second kappa shape index (κ2) is 7.19. The summed E-state index contributed by atoms with van der Waals surface area (Å²) in [4.78, 5) is 17.2. The number of nitrogens with one attached hydrogen (secondary N) is 2. The minimum Gasteiger partial charge on any atom is -0.347 e. The van der Waals surface area contributed by atoms with Crippen molar-refractivity contribution in [3.63, 3.8) is 0 Å². The van der Waals surface area contributed by atoms with Crippen molar-refractivity contribution in [2.75, 3.05) is 0 Å². The van der Waals surface area contributed by atoms with Gasteiger partial charge in [0.2, 0.25) is 0 Å². The zero-order chi connectivity index (χ0) is 16.9. The Morgan fingerprint density at radius 1 is 1.12 bits per heavy atom. The third kappa shape index (κ3) is 3.75. The molecule has 0 saturated heterocycles. The van der Waals surface area contributed by atoms with Crippen molar-refractivity contribution >= 4 is 23.0 Å². The number of benzene rings is 2. The van der Waals surface area contributed by atoms with E-state index >= 15 is 0 Å². The molecule has 0 aliphatic heterocycles. The SMILES string of the molecule is CC(=N)c1ccc(CNC(=O)c2cnc(-c3ccccc3)s2)cc1. The third-order valence-electron chi connectivity index (χ3n) is 3.59. The molecule has 0 atom stereocenters. The van der Waals surface area contributed by atoms with Crippen molar-refractivity contribution in [2.24, 2.45) is 0 Å². The van der Waals surface area contributed by atoms with E-state index in [0.717, 1.165) is 21.7 Å². The van der Waals surface area contributed by atoms with E-state index in [1.54, 1.807) is 13.1 Å². The van der Waals surface area contributed by atoms with Gasteiger partial charge in [-0.2, -0.15) is 0 Å². The number of amides is 1. The first kappa shape index (κ1) is 16.1. The van der Waals surface area contributed by atoms with Crippen molar-refractivity contribution in [3.8, 4) is 10.6 Å². The van der Waals surface area contributed by atoms with Crippen LogP contribution in [0.4, 0.5) is 0 Å². The summed E-state index contributed by atoms with van der Waals surface area (Å²) in [6.45, 7) is 2.21. The molecule has 1 aromatic heterocycles. The number of rotatable bonds is 5. The molecule has 0 spiro atoms. The lowest BCUT2D eigenvalue weighted by Crippen LogP contribution is -2.21. The molecule has 0 aliphatic rings. The van der Waals surface area contributed by atoms with Crippen LogP contribution in [0.25, 0.3) is 10.6 Å². The van der Waals surface area contributed by atoms with Crippen LogP contribution in [0.1, 0.15) is 27.7 Å². The summed E-state index contributed by atoms with van der Waals surface area (Å²) < 4.78 is 0. The van der Waals surface area contributed by atoms with E-state index in [0.29, 0.717) is 17.1 Å². The van der Waals surface area contributed by atoms with Gasteiger partial charge in [0.25, 0.3) is 5.91 Å². The molecule has 0 radical (unpaired) electrons. The molecule has 2 N–H and O–H groups in total. The Hall–Kier alpha value is -2.79. The Balaban J connectivity index is 1.63. The number of carbonyl (C=O) groups excluding carboxylic acids is 1. The van der Waals surface area contributed by atoms with Crippen LogP contribution in [0.5, 0.6) is 0 Å². The molecule has 3 rings (SSSR count). The van der Waals surface area contributed by atoms with E-state index in [1.807, 2.05) is 54.6 Å². The maximum atomic E-state index is 12.3. The summed E-state index contributed by atoms with van der Waals surface area (Å²) in [5.41, 5.74) is 3.43. The Bertz CT molecular complexity index is 854. The van der Waals surface area contributed by atoms with Crippen molar-refractivity contribution in [1.29, 1.82) is 5.41 Å². The molecule has 120 valence electrons. The first-order valence-electron chi connectivity index (χ1n) is 7.57. The van der Waals surface area contributed by atoms with Gasteiger partial charge in [-0.1, -0.05) is 54.6 Å². The van der Waals surface area contributed by atoms with Crippen LogP contribution in [0.3, 0.4) is 0 Å². The second-order valence-electron chi connectivity index (χ2n) is 5.40. The molecule has 1 amide bonds. The lowest BCUT2D eigenvalue weighted by atomic mass is 10.1. The number of hydrogen-bond acceptors (Lipinski definition) is 4. The van der Waals surface area contributed by atoms with Gasteiger partial charge in [-0.3, -0.25) is 4.79 Å². The smallest absolute Gasteiger partial charge is 0.263 e. The van der Waals surface area contributed by atoms with Crippen molar-refractivity contribution in [2.45, 2.75) is 13.5 Å². The zero-order valence-electron chi connectivity index (χ0n) is 13.2. The van der Waals surface area contributed by atoms with Gasteiger partial charge in [0.1, 0.15) is 9.88 Å². The first-order valence-corrected chi connectivity index (χ1v) is 8.39. The molecule has 0 unspecified atom stereocenters. The van der Waals surface area contributed by atoms with Gasteiger partial charge in [0.05, 0.1) is 6.20 Å². The fourth-order valence-corrected chi connectivity index (χ4v) is 3.07. The second-order valence-corrected chi connectivity index (χ2v) is 6.43. The maximum Gasteiger partial charge on any atom is 0.263 e. The minimum atomic E-state index is -0.123. The molecule has 0 bridgehead atoms. The summed E-state index contributed by atoms with van der Waals surface area (Å²) in [6.07, 6.45) is 1.61. The van der Waals surface area contributed by atoms with E-state index in [1.165, 1.54) is 11.3 Å². The predicted molar refractivity (Wildman–Crippen MR) is 97.7 cm³/mol. The van der Waals surface area contributed by atoms with Gasteiger partial charge in [-0.05, 0) is 18.1 Å². The van der Waals surface area contributed by atoms with E-state index in [-0.39, 0.29) is 5.91 Å². The van der Waals surface area contributed by atoms with Crippen LogP contribution in [0.2, 0.25) is 0 Å². The van der Waals surface area contributed by atoms with Crippen molar-refractivity contribution in [3.05, 3.63) is 76.8 Å². The highest BCUT2D eigenvalue weighted by atomic mass is 32.1. The number of aromatic nitrogens is 1. The Labute approximate surface area is 144 Å². The van der Waals surface area contributed by atoms with Crippen LogP contribution in [-0.4, -0.2) is 16.6 Å². The topological polar surface area (TPSA) is 65.8 Å². The first-order chi connectivity index (χ1) is 11.6. The molecule has 5 heteroatoms. The lowest BCUT2D eigenvalue weighted by Gasteiger charge is -2.05. The van der Waals surface area contributed by atoms with Crippen LogP contribution in [-0.2, 0) is 6.54 Å². The Morgan fingerprint density at radius 2 is 1.83 bits per heavy atom. The third-order valence-corrected chi connectivity index (χ3v) is 4.64. The van der Waals surface area contributed by atoms with Gasteiger partial charge in [-0.25, -0.2) is 4.98 Å². The number of nitrogens with zero attached hydrogens (tertiary/aromatic N) is 1. The number of hydrogen-bond donors (Lipinski definition) is 2. The van der Waals surface area contributed by atoms with Crippen LogP contribution >= 0.6 is 11.3 Å². The number of thiazole rings is 1. The molecular formula is C19H17N3OS. The molecule has 24 heavy (non-hydrogen) atoms. The fraction of sp³-hybridized carbons (Fsp3) is 0.105. The summed E-state index contributed by atoms with van der Waals surface area (Å²) >= 11 is 1.38. The molecule has 1 heterocycles. The van der Waals surface area contributed by atoms with Gasteiger partial charge in [0, 0.05) is 17.8 Å². The van der Waals surface area contributed by atoms with E-state index in [4.69, 9.17) is 5.41 Å². The van der Waals surface area contributed by atoms with E-state index in [2.05, 4.69) is 10.3 Å². The molecule has 2 aromatic carbocycles. The molecule has 0 fully saturated rings. The molecule has 3 aromatic rings. The minimum absolute atomic E-state index is 0.123. The highest BCUT2D eigenvalue weighted by molar-refractivity contribution is 7.16. The van der Waals surface area contributed by atoms with Gasteiger partial charge < -0.3 is 10.7 Å². The summed E-state index contributed by atoms with van der Waals surface area (Å²) in [5.74, 6) is -0.123. The standard InChI is InChI=1S/C19H17N3OS/c1-13(20)15-9-7-14(8-10-15)11-21-18(23)17-12-22-19(24-17)16-5-3-2-4-6-16/h2-10,12,20H,11H2,1H3,(H,21,23). The monoisotopic (exact) mass is 335 g/mol. The Kier molecular flexibility index (Phi) is 4.82. The van der Waals surface area contributed by atoms with Crippen LogP contribution < -0.4 is 5.32 Å². The van der Waals surface area contributed by atoms with E-state index < -0.39 is 0 Å². The van der Waals surface area contributed by atoms with Gasteiger partial charge >= 0.3 is 0 Å². The largest absolute Gasteiger partial charge is 0.347 e. The zero-order valence-corrected chi connectivity index (χ0v) is 14.1. The molecule has 4 nitrogen and oxygen atoms in total. The van der Waals surface area contributed by atoms with Gasteiger partial charge in [-0.15, -0.1) is 11.3 Å². The van der Waals surface area contributed by atoms with Crippen molar-refractivity contribution < 1.29 is 4.79 Å². The highest BCUT2D eigenvalue weighted by Crippen LogP contribution is 2.24. The summed E-state index contributed by atoms with van der Waals surface area (Å²) in [5, 5.41) is 11.3. The molecule has 0 aliphatic carbocycles. The van der Waals surface area contributed by atoms with Crippen LogP contribution in [0, 0.1) is 5.41 Å². The molecular weight excluding hydrogens is 318 g/mol. The normalized spacial score (nSPS) is 10.4. The van der Waals surface area contributed by atoms with Crippen LogP contribution in [0.15, 0.2) is 60.8 Å². The average Bonchev–Trinajstić information content (AvgIpc) is 3.11. The Morgan fingerprint density at radius 3 is 2.50 bits per heavy atom. The van der Waals surface area contributed by atoms with Crippen molar-refractivity contribution in [1.82, 2.24) is 10.3 Å². The quantitative estimate of drug-likeness (QED) is 0.689. The molecule has 0 saturated carbocycles. The fourth-order valence-electron chi connectivity index (χ4n) is 2.24. The maximum absolute atomic E-state index is 12.3. The summed E-state index contributed by atoms with van der Waals surface area (Å²) in [7, 11) is 0. The predicted octanol–water partition coefficient (Wildman–Crippen LogP) is 4.13. The number of carbonyl (C=O) groups is 1. The highest BCUT2D eigenvalue weighted by Gasteiger charge is 2.11.